The van der Waals surface area contributed by atoms with Crippen LogP contribution in [-0.2, 0) is 16.0 Å². The fourth-order valence-electron chi connectivity index (χ4n) is 2.14. The van der Waals surface area contributed by atoms with Crippen LogP contribution in [0.1, 0.15) is 11.3 Å². The average Bonchev–Trinajstić information content (AvgIpc) is 3.06. The minimum Gasteiger partial charge on any atom is -0.481 e. The lowest BCUT2D eigenvalue weighted by molar-refractivity contribution is -0.136. The molecule has 2 heterocycles. The van der Waals surface area contributed by atoms with E-state index < -0.39 is 17.1 Å². The lowest BCUT2D eigenvalue weighted by Gasteiger charge is -2.01. The van der Waals surface area contributed by atoms with E-state index in [0.29, 0.717) is 17.1 Å². The molecule has 0 aliphatic carbocycles. The number of carboxylic acids is 1. The molecule has 0 unspecified atom stereocenters. The summed E-state index contributed by atoms with van der Waals surface area (Å²) in [5.41, 5.74) is 1.41. The first kappa shape index (κ1) is 15.1. The number of aliphatic carboxylic acids is 1. The first-order valence-electron chi connectivity index (χ1n) is 6.67. The third kappa shape index (κ3) is 3.51. The molecule has 0 atom stereocenters. The second-order valence-corrected chi connectivity index (χ2v) is 5.84. The highest BCUT2D eigenvalue weighted by atomic mass is 32.2. The van der Waals surface area contributed by atoms with Crippen LogP contribution in [0.2, 0.25) is 0 Å². The molecule has 23 heavy (non-hydrogen) atoms. The predicted molar refractivity (Wildman–Crippen MR) is 84.6 cm³/mol. The first-order valence-corrected chi connectivity index (χ1v) is 7.49. The molecule has 1 saturated heterocycles. The standard InChI is InChI=1S/C16H11NO5S/c18-14(19)7-9-2-1-3-10(6-9)12-5-4-11(22-12)8-13-15(20)17-16(21)23-13/h1-6,8H,7H2,(H,18,19)(H,17,20,21)/b13-8-. The number of benzene rings is 1. The van der Waals surface area contributed by atoms with E-state index >= 15 is 0 Å². The van der Waals surface area contributed by atoms with E-state index in [2.05, 4.69) is 5.32 Å². The van der Waals surface area contributed by atoms with Gasteiger partial charge >= 0.3 is 5.97 Å². The van der Waals surface area contributed by atoms with Gasteiger partial charge in [-0.25, -0.2) is 0 Å². The summed E-state index contributed by atoms with van der Waals surface area (Å²) in [5, 5.41) is 10.6. The highest BCUT2D eigenvalue weighted by Gasteiger charge is 2.25. The molecule has 2 N–H and O–H groups in total. The van der Waals surface area contributed by atoms with Gasteiger partial charge in [0.05, 0.1) is 11.3 Å². The second-order valence-electron chi connectivity index (χ2n) is 4.83. The number of hydrogen-bond acceptors (Lipinski definition) is 5. The average molecular weight is 329 g/mol. The zero-order valence-corrected chi connectivity index (χ0v) is 12.6. The van der Waals surface area contributed by atoms with Gasteiger partial charge < -0.3 is 9.52 Å². The Labute approximate surface area is 135 Å². The molecule has 3 rings (SSSR count). The Morgan fingerprint density at radius 3 is 2.78 bits per heavy atom. The minimum absolute atomic E-state index is 0.0651. The van der Waals surface area contributed by atoms with E-state index in [-0.39, 0.29) is 11.3 Å². The summed E-state index contributed by atoms with van der Waals surface area (Å²) in [4.78, 5) is 33.7. The van der Waals surface area contributed by atoms with E-state index in [9.17, 15) is 14.4 Å². The molecule has 2 amide bonds. The summed E-state index contributed by atoms with van der Waals surface area (Å²) in [6.45, 7) is 0. The lowest BCUT2D eigenvalue weighted by atomic mass is 10.1. The summed E-state index contributed by atoms with van der Waals surface area (Å²) in [6.07, 6.45) is 1.43. The molecule has 6 nitrogen and oxygen atoms in total. The number of furan rings is 1. The van der Waals surface area contributed by atoms with E-state index in [4.69, 9.17) is 9.52 Å². The molecular weight excluding hydrogens is 318 g/mol. The Morgan fingerprint density at radius 1 is 1.26 bits per heavy atom. The van der Waals surface area contributed by atoms with Gasteiger partial charge in [-0.2, -0.15) is 0 Å². The van der Waals surface area contributed by atoms with Gasteiger partial charge in [0.1, 0.15) is 11.5 Å². The molecule has 0 spiro atoms. The van der Waals surface area contributed by atoms with E-state index in [0.717, 1.165) is 17.3 Å². The van der Waals surface area contributed by atoms with Gasteiger partial charge in [0.15, 0.2) is 0 Å². The van der Waals surface area contributed by atoms with Crippen molar-refractivity contribution in [1.29, 1.82) is 0 Å². The number of amides is 2. The number of imide groups is 1. The molecule has 1 aromatic heterocycles. The molecule has 1 aliphatic heterocycles. The summed E-state index contributed by atoms with van der Waals surface area (Å²) < 4.78 is 5.65. The normalized spacial score (nSPS) is 15.9. The van der Waals surface area contributed by atoms with Crippen molar-refractivity contribution in [3.8, 4) is 11.3 Å². The molecule has 116 valence electrons. The van der Waals surface area contributed by atoms with Crippen LogP contribution in [0.15, 0.2) is 45.7 Å². The van der Waals surface area contributed by atoms with Crippen LogP contribution in [0.5, 0.6) is 0 Å². The van der Waals surface area contributed by atoms with E-state index in [1.807, 2.05) is 6.07 Å². The zero-order valence-electron chi connectivity index (χ0n) is 11.7. The summed E-state index contributed by atoms with van der Waals surface area (Å²) in [6, 6.07) is 10.4. The van der Waals surface area contributed by atoms with Gasteiger partial charge in [0, 0.05) is 11.6 Å². The number of carbonyl (C=O) groups excluding carboxylic acids is 2. The number of thioether (sulfide) groups is 1. The maximum atomic E-state index is 11.5. The van der Waals surface area contributed by atoms with Gasteiger partial charge in [-0.15, -0.1) is 0 Å². The second kappa shape index (κ2) is 6.13. The Hall–Kier alpha value is -2.80. The highest BCUT2D eigenvalue weighted by molar-refractivity contribution is 8.18. The number of rotatable bonds is 4. The maximum Gasteiger partial charge on any atom is 0.307 e. The molecular formula is C16H11NO5S. The Balaban J connectivity index is 1.85. The number of carbonyl (C=O) groups is 3. The SMILES string of the molecule is O=C(O)Cc1cccc(-c2ccc(/C=C3\SC(=O)NC3=O)o2)c1. The lowest BCUT2D eigenvalue weighted by Crippen LogP contribution is -2.17. The van der Waals surface area contributed by atoms with Crippen molar-refractivity contribution in [3.05, 3.63) is 52.6 Å². The number of hydrogen-bond donors (Lipinski definition) is 2. The molecule has 0 radical (unpaired) electrons. The number of carboxylic acid groups (broad SMARTS) is 1. The molecule has 1 aliphatic rings. The van der Waals surface area contributed by atoms with E-state index in [1.165, 1.54) is 6.08 Å². The third-order valence-corrected chi connectivity index (χ3v) is 3.92. The zero-order chi connectivity index (χ0) is 16.4. The highest BCUT2D eigenvalue weighted by Crippen LogP contribution is 2.28. The molecule has 0 saturated carbocycles. The fraction of sp³-hybridized carbons (Fsp3) is 0.0625. The van der Waals surface area contributed by atoms with Crippen molar-refractivity contribution in [1.82, 2.24) is 5.32 Å². The van der Waals surface area contributed by atoms with Crippen molar-refractivity contribution in [2.24, 2.45) is 0 Å². The molecule has 1 aromatic carbocycles. The van der Waals surface area contributed by atoms with Crippen molar-refractivity contribution in [3.63, 3.8) is 0 Å². The topological polar surface area (TPSA) is 96.6 Å². The predicted octanol–water partition coefficient (Wildman–Crippen LogP) is 2.90. The largest absolute Gasteiger partial charge is 0.481 e. The molecule has 0 bridgehead atoms. The van der Waals surface area contributed by atoms with E-state index in [1.54, 1.807) is 30.3 Å². The quantitative estimate of drug-likeness (QED) is 0.837. The van der Waals surface area contributed by atoms with Crippen molar-refractivity contribution >= 4 is 35.0 Å². The van der Waals surface area contributed by atoms with Crippen molar-refractivity contribution < 1.29 is 23.9 Å². The van der Waals surface area contributed by atoms with Crippen LogP contribution in [0, 0.1) is 0 Å². The molecule has 1 fully saturated rings. The maximum absolute atomic E-state index is 11.5. The van der Waals surface area contributed by atoms with Crippen LogP contribution in [0.4, 0.5) is 4.79 Å². The molecule has 7 heteroatoms. The van der Waals surface area contributed by atoms with Gasteiger partial charge in [0.25, 0.3) is 11.1 Å². The molecule has 2 aromatic rings. The van der Waals surface area contributed by atoms with Gasteiger partial charge in [-0.05, 0) is 35.5 Å². The van der Waals surface area contributed by atoms with Crippen molar-refractivity contribution in [2.45, 2.75) is 6.42 Å². The monoisotopic (exact) mass is 329 g/mol. The Bertz CT molecular complexity index is 837. The number of nitrogens with one attached hydrogen (secondary N) is 1. The minimum atomic E-state index is -0.902. The van der Waals surface area contributed by atoms with Crippen LogP contribution in [-0.4, -0.2) is 22.2 Å². The first-order chi connectivity index (χ1) is 11.0. The fourth-order valence-corrected chi connectivity index (χ4v) is 2.81. The van der Waals surface area contributed by atoms with Gasteiger partial charge in [-0.1, -0.05) is 18.2 Å². The summed E-state index contributed by atoms with van der Waals surface area (Å²) >= 11 is 0.819. The third-order valence-electron chi connectivity index (χ3n) is 3.11. The van der Waals surface area contributed by atoms with Crippen molar-refractivity contribution in [2.75, 3.05) is 0 Å². The van der Waals surface area contributed by atoms with Crippen LogP contribution < -0.4 is 5.32 Å². The Kier molecular flexibility index (Phi) is 4.03. The van der Waals surface area contributed by atoms with Gasteiger partial charge in [0.2, 0.25) is 0 Å². The summed E-state index contributed by atoms with van der Waals surface area (Å²) in [7, 11) is 0. The summed E-state index contributed by atoms with van der Waals surface area (Å²) in [5.74, 6) is -0.350. The van der Waals surface area contributed by atoms with Crippen LogP contribution in [0.25, 0.3) is 17.4 Å². The van der Waals surface area contributed by atoms with Crippen LogP contribution in [0.3, 0.4) is 0 Å². The smallest absolute Gasteiger partial charge is 0.307 e. The van der Waals surface area contributed by atoms with Gasteiger partial charge in [-0.3, -0.25) is 19.7 Å². The Morgan fingerprint density at radius 2 is 2.09 bits per heavy atom. The van der Waals surface area contributed by atoms with Crippen LogP contribution >= 0.6 is 11.8 Å².